The largest absolute Gasteiger partial charge is 0.383 e. The van der Waals surface area contributed by atoms with Crippen LogP contribution in [0.25, 0.3) is 0 Å². The number of hydrogen-bond donors (Lipinski definition) is 2. The summed E-state index contributed by atoms with van der Waals surface area (Å²) >= 11 is 12.3. The van der Waals surface area contributed by atoms with Crippen molar-refractivity contribution in [2.45, 2.75) is 38.9 Å². The topological polar surface area (TPSA) is 73.9 Å². The van der Waals surface area contributed by atoms with Crippen molar-refractivity contribution in [2.75, 3.05) is 44.8 Å². The summed E-state index contributed by atoms with van der Waals surface area (Å²) in [6.07, 6.45) is 0.308. The monoisotopic (exact) mass is 520 g/mol. The summed E-state index contributed by atoms with van der Waals surface area (Å²) in [5.41, 5.74) is 3.15. The number of para-hydroxylation sites is 1. The molecule has 1 fully saturated rings. The summed E-state index contributed by atoms with van der Waals surface area (Å²) in [5, 5.41) is 7.31. The molecule has 0 aromatic heterocycles. The fourth-order valence-corrected chi connectivity index (χ4v) is 4.79. The number of halogens is 2. The third-order valence-electron chi connectivity index (χ3n) is 6.10. The molecule has 7 nitrogen and oxygen atoms in total. The first-order valence-electron chi connectivity index (χ1n) is 11.8. The van der Waals surface area contributed by atoms with Crippen LogP contribution >= 0.6 is 23.2 Å². The lowest BCUT2D eigenvalue weighted by molar-refractivity contribution is -0.136. The van der Waals surface area contributed by atoms with E-state index in [1.54, 1.807) is 25.3 Å². The molecule has 0 unspecified atom stereocenters. The van der Waals surface area contributed by atoms with Gasteiger partial charge in [0, 0.05) is 75.0 Å². The Morgan fingerprint density at radius 3 is 2.43 bits per heavy atom. The van der Waals surface area contributed by atoms with Crippen molar-refractivity contribution < 1.29 is 14.3 Å². The van der Waals surface area contributed by atoms with Crippen LogP contribution in [-0.4, -0.2) is 68.7 Å². The van der Waals surface area contributed by atoms with Gasteiger partial charge in [-0.2, -0.15) is 0 Å². The number of ether oxygens (including phenoxy) is 1. The van der Waals surface area contributed by atoms with Crippen LogP contribution < -0.4 is 15.5 Å². The highest BCUT2D eigenvalue weighted by atomic mass is 35.5. The number of nitrogens with one attached hydrogen (secondary N) is 2. The Hall–Kier alpha value is -2.32. The molecule has 2 aromatic carbocycles. The predicted octanol–water partition coefficient (Wildman–Crippen LogP) is 3.51. The molecule has 0 radical (unpaired) electrons. The van der Waals surface area contributed by atoms with Gasteiger partial charge in [0.05, 0.1) is 6.61 Å². The van der Waals surface area contributed by atoms with E-state index in [1.807, 2.05) is 17.0 Å². The molecule has 2 aromatic rings. The molecular weight excluding hydrogens is 487 g/mol. The first-order chi connectivity index (χ1) is 16.8. The minimum absolute atomic E-state index is 0.103. The number of rotatable bonds is 10. The minimum atomic E-state index is -0.684. The van der Waals surface area contributed by atoms with Gasteiger partial charge in [-0.1, -0.05) is 47.5 Å². The molecular formula is C26H34Cl2N4O3. The molecule has 0 aliphatic carbocycles. The van der Waals surface area contributed by atoms with Crippen LogP contribution in [0.15, 0.2) is 42.5 Å². The summed E-state index contributed by atoms with van der Waals surface area (Å²) in [6, 6.07) is 13.1. The Kier molecular flexibility index (Phi) is 10.2. The van der Waals surface area contributed by atoms with Gasteiger partial charge in [-0.25, -0.2) is 0 Å². The van der Waals surface area contributed by atoms with Crippen molar-refractivity contribution in [3.63, 3.8) is 0 Å². The van der Waals surface area contributed by atoms with Gasteiger partial charge in [-0.15, -0.1) is 0 Å². The highest BCUT2D eigenvalue weighted by Crippen LogP contribution is 2.24. The van der Waals surface area contributed by atoms with Gasteiger partial charge in [0.25, 0.3) is 0 Å². The molecule has 2 N–H and O–H groups in total. The first kappa shape index (κ1) is 27.3. The molecule has 0 spiro atoms. The van der Waals surface area contributed by atoms with Crippen molar-refractivity contribution in [2.24, 2.45) is 0 Å². The van der Waals surface area contributed by atoms with E-state index in [9.17, 15) is 9.59 Å². The van der Waals surface area contributed by atoms with Gasteiger partial charge in [0.2, 0.25) is 11.8 Å². The molecule has 1 heterocycles. The number of carbonyl (C=O) groups is 2. The maximum Gasteiger partial charge on any atom is 0.245 e. The zero-order valence-corrected chi connectivity index (χ0v) is 22.0. The second kappa shape index (κ2) is 13.1. The zero-order chi connectivity index (χ0) is 25.4. The van der Waals surface area contributed by atoms with E-state index in [2.05, 4.69) is 34.6 Å². The molecule has 1 aliphatic rings. The van der Waals surface area contributed by atoms with Gasteiger partial charge < -0.3 is 25.2 Å². The average molecular weight is 521 g/mol. The van der Waals surface area contributed by atoms with E-state index in [-0.39, 0.29) is 17.9 Å². The standard InChI is InChI=1S/C26H34Cl2N4O3/c1-18(17-35-3)29-16-21-6-4-5-7-25(21)31-10-12-32(13-11-31)26(34)24(30-19(2)33)14-20-8-9-22(27)15-23(20)28/h4-9,15,18,24,29H,10-14,16-17H2,1-3H3,(H,30,33)/t18-,24-/m1/s1. The van der Waals surface area contributed by atoms with Crippen molar-refractivity contribution in [3.05, 3.63) is 63.6 Å². The van der Waals surface area contributed by atoms with Crippen molar-refractivity contribution in [3.8, 4) is 0 Å². The molecule has 3 rings (SSSR count). The van der Waals surface area contributed by atoms with Crippen molar-refractivity contribution in [1.29, 1.82) is 0 Å². The maximum atomic E-state index is 13.4. The minimum Gasteiger partial charge on any atom is -0.383 e. The van der Waals surface area contributed by atoms with Crippen LogP contribution in [0.3, 0.4) is 0 Å². The lowest BCUT2D eigenvalue weighted by Crippen LogP contribution is -2.55. The van der Waals surface area contributed by atoms with E-state index in [0.717, 1.165) is 12.1 Å². The predicted molar refractivity (Wildman–Crippen MR) is 141 cm³/mol. The summed E-state index contributed by atoms with van der Waals surface area (Å²) in [6.45, 7) is 7.48. The van der Waals surface area contributed by atoms with Gasteiger partial charge in [0.15, 0.2) is 0 Å². The molecule has 2 atom stereocenters. The Bertz CT molecular complexity index is 1010. The molecule has 35 heavy (non-hydrogen) atoms. The van der Waals surface area contributed by atoms with Crippen LogP contribution in [0.1, 0.15) is 25.0 Å². The number of amides is 2. The highest BCUT2D eigenvalue weighted by molar-refractivity contribution is 6.35. The van der Waals surface area contributed by atoms with Crippen LogP contribution in [0, 0.1) is 0 Å². The molecule has 0 saturated carbocycles. The second-order valence-electron chi connectivity index (χ2n) is 8.87. The normalized spacial score (nSPS) is 15.6. The summed E-state index contributed by atoms with van der Waals surface area (Å²) in [7, 11) is 1.70. The van der Waals surface area contributed by atoms with E-state index in [1.165, 1.54) is 18.2 Å². The van der Waals surface area contributed by atoms with Crippen LogP contribution in [0.4, 0.5) is 5.69 Å². The summed E-state index contributed by atoms with van der Waals surface area (Å²) < 4.78 is 5.22. The Balaban J connectivity index is 1.64. The van der Waals surface area contributed by atoms with Gasteiger partial charge in [-0.05, 0) is 36.2 Å². The van der Waals surface area contributed by atoms with Crippen LogP contribution in [0.5, 0.6) is 0 Å². The lowest BCUT2D eigenvalue weighted by atomic mass is 10.0. The van der Waals surface area contributed by atoms with E-state index in [0.29, 0.717) is 49.3 Å². The highest BCUT2D eigenvalue weighted by Gasteiger charge is 2.29. The fraction of sp³-hybridized carbons (Fsp3) is 0.462. The molecule has 190 valence electrons. The number of nitrogens with zero attached hydrogens (tertiary/aromatic N) is 2. The van der Waals surface area contributed by atoms with Crippen LogP contribution in [0.2, 0.25) is 10.0 Å². The summed E-state index contributed by atoms with van der Waals surface area (Å²) in [5.74, 6) is -0.356. The molecule has 0 bridgehead atoms. The SMILES string of the molecule is COC[C@@H](C)NCc1ccccc1N1CCN(C(=O)[C@@H](Cc2ccc(Cl)cc2Cl)NC(C)=O)CC1. The van der Waals surface area contributed by atoms with Crippen molar-refractivity contribution in [1.82, 2.24) is 15.5 Å². The Morgan fingerprint density at radius 2 is 1.77 bits per heavy atom. The Morgan fingerprint density at radius 1 is 1.06 bits per heavy atom. The third kappa shape index (κ3) is 7.84. The molecule has 1 saturated heterocycles. The van der Waals surface area contributed by atoms with Gasteiger partial charge in [0.1, 0.15) is 6.04 Å². The van der Waals surface area contributed by atoms with E-state index < -0.39 is 6.04 Å². The number of anilines is 1. The number of methoxy groups -OCH3 is 1. The fourth-order valence-electron chi connectivity index (χ4n) is 4.30. The molecule has 2 amide bonds. The summed E-state index contributed by atoms with van der Waals surface area (Å²) in [4.78, 5) is 29.3. The van der Waals surface area contributed by atoms with E-state index in [4.69, 9.17) is 27.9 Å². The smallest absolute Gasteiger partial charge is 0.245 e. The lowest BCUT2D eigenvalue weighted by Gasteiger charge is -2.38. The quantitative estimate of drug-likeness (QED) is 0.501. The second-order valence-corrected chi connectivity index (χ2v) is 9.71. The van der Waals surface area contributed by atoms with Crippen molar-refractivity contribution >= 4 is 40.7 Å². The molecule has 9 heteroatoms. The number of carbonyl (C=O) groups excluding carboxylic acids is 2. The maximum absolute atomic E-state index is 13.4. The van der Waals surface area contributed by atoms with Crippen LogP contribution in [-0.2, 0) is 27.3 Å². The zero-order valence-electron chi connectivity index (χ0n) is 20.5. The number of benzene rings is 2. The molecule has 1 aliphatic heterocycles. The van der Waals surface area contributed by atoms with Gasteiger partial charge >= 0.3 is 0 Å². The number of piperazine rings is 1. The van der Waals surface area contributed by atoms with Gasteiger partial charge in [-0.3, -0.25) is 9.59 Å². The third-order valence-corrected chi connectivity index (χ3v) is 6.68. The number of hydrogen-bond acceptors (Lipinski definition) is 5. The Labute approximate surface area is 217 Å². The first-order valence-corrected chi connectivity index (χ1v) is 12.6. The average Bonchev–Trinajstić information content (AvgIpc) is 2.84. The van der Waals surface area contributed by atoms with E-state index >= 15 is 0 Å².